The SMILES string of the molecule is O=C(NC1(CBr)CC1)c1cccc(Br)c1F. The lowest BCUT2D eigenvalue weighted by Crippen LogP contribution is -2.38. The van der Waals surface area contributed by atoms with Crippen molar-refractivity contribution in [1.82, 2.24) is 5.32 Å². The van der Waals surface area contributed by atoms with Crippen molar-refractivity contribution in [3.8, 4) is 0 Å². The number of carbonyl (C=O) groups excluding carboxylic acids is 1. The van der Waals surface area contributed by atoms with Gasteiger partial charge in [0.15, 0.2) is 0 Å². The standard InChI is InChI=1S/C11H10Br2FNO/c12-6-11(4-5-11)15-10(16)7-2-1-3-8(13)9(7)14/h1-3H,4-6H2,(H,15,16). The van der Waals surface area contributed by atoms with Crippen LogP contribution in [-0.4, -0.2) is 16.8 Å². The molecule has 0 aromatic heterocycles. The van der Waals surface area contributed by atoms with Crippen molar-refractivity contribution in [2.45, 2.75) is 18.4 Å². The van der Waals surface area contributed by atoms with Crippen LogP contribution in [0.15, 0.2) is 22.7 Å². The minimum atomic E-state index is -0.509. The van der Waals surface area contributed by atoms with Gasteiger partial charge in [0.25, 0.3) is 5.91 Å². The lowest BCUT2D eigenvalue weighted by atomic mass is 10.2. The smallest absolute Gasteiger partial charge is 0.254 e. The average molecular weight is 351 g/mol. The van der Waals surface area contributed by atoms with Crippen LogP contribution in [0, 0.1) is 5.82 Å². The molecule has 16 heavy (non-hydrogen) atoms. The molecule has 1 aliphatic rings. The Morgan fingerprint density at radius 3 is 2.75 bits per heavy atom. The Morgan fingerprint density at radius 1 is 1.50 bits per heavy atom. The molecule has 1 fully saturated rings. The van der Waals surface area contributed by atoms with Crippen LogP contribution >= 0.6 is 31.9 Å². The molecule has 1 saturated carbocycles. The summed E-state index contributed by atoms with van der Waals surface area (Å²) >= 11 is 6.41. The highest BCUT2D eigenvalue weighted by Gasteiger charge is 2.43. The second-order valence-corrected chi connectivity index (χ2v) is 5.38. The number of carbonyl (C=O) groups is 1. The van der Waals surface area contributed by atoms with E-state index in [1.165, 1.54) is 6.07 Å². The van der Waals surface area contributed by atoms with Crippen LogP contribution in [0.2, 0.25) is 0 Å². The number of benzene rings is 1. The Bertz CT molecular complexity index is 432. The number of hydrogen-bond acceptors (Lipinski definition) is 1. The Morgan fingerprint density at radius 2 is 2.19 bits per heavy atom. The van der Waals surface area contributed by atoms with Crippen molar-refractivity contribution in [1.29, 1.82) is 0 Å². The minimum absolute atomic E-state index is 0.0848. The van der Waals surface area contributed by atoms with Gasteiger partial charge >= 0.3 is 0 Å². The second kappa shape index (κ2) is 4.45. The second-order valence-electron chi connectivity index (χ2n) is 3.97. The van der Waals surface area contributed by atoms with E-state index in [1.54, 1.807) is 12.1 Å². The first-order valence-corrected chi connectivity index (χ1v) is 6.82. The van der Waals surface area contributed by atoms with Gasteiger partial charge in [0, 0.05) is 5.33 Å². The molecular weight excluding hydrogens is 341 g/mol. The number of alkyl halides is 1. The van der Waals surface area contributed by atoms with E-state index < -0.39 is 5.82 Å². The third kappa shape index (κ3) is 2.30. The molecule has 0 aliphatic heterocycles. The van der Waals surface area contributed by atoms with Crippen LogP contribution < -0.4 is 5.32 Å². The van der Waals surface area contributed by atoms with Gasteiger partial charge in [-0.25, -0.2) is 4.39 Å². The van der Waals surface area contributed by atoms with Crippen molar-refractivity contribution in [3.63, 3.8) is 0 Å². The molecule has 1 amide bonds. The molecule has 1 aromatic carbocycles. The number of hydrogen-bond donors (Lipinski definition) is 1. The van der Waals surface area contributed by atoms with E-state index in [0.29, 0.717) is 9.80 Å². The number of halogens is 3. The van der Waals surface area contributed by atoms with Gasteiger partial charge in [-0.05, 0) is 40.9 Å². The van der Waals surface area contributed by atoms with E-state index in [4.69, 9.17) is 0 Å². The maximum Gasteiger partial charge on any atom is 0.254 e. The summed E-state index contributed by atoms with van der Waals surface area (Å²) in [5.41, 5.74) is -0.0761. The number of amides is 1. The van der Waals surface area contributed by atoms with Crippen molar-refractivity contribution in [2.24, 2.45) is 0 Å². The average Bonchev–Trinajstić information content (AvgIpc) is 3.02. The summed E-state index contributed by atoms with van der Waals surface area (Å²) < 4.78 is 13.9. The van der Waals surface area contributed by atoms with Crippen molar-refractivity contribution in [2.75, 3.05) is 5.33 Å². The molecular formula is C11H10Br2FNO. The van der Waals surface area contributed by atoms with Gasteiger partial charge in [0.2, 0.25) is 0 Å². The van der Waals surface area contributed by atoms with Gasteiger partial charge < -0.3 is 5.32 Å². The number of nitrogens with one attached hydrogen (secondary N) is 1. The van der Waals surface area contributed by atoms with Crippen LogP contribution in [0.4, 0.5) is 4.39 Å². The van der Waals surface area contributed by atoms with E-state index in [9.17, 15) is 9.18 Å². The Labute approximate surface area is 110 Å². The maximum absolute atomic E-state index is 13.6. The summed E-state index contributed by atoms with van der Waals surface area (Å²) in [5.74, 6) is -0.860. The molecule has 0 heterocycles. The van der Waals surface area contributed by atoms with Crippen LogP contribution in [0.1, 0.15) is 23.2 Å². The summed E-state index contributed by atoms with van der Waals surface area (Å²) in [6.07, 6.45) is 1.89. The lowest BCUT2D eigenvalue weighted by Gasteiger charge is -2.14. The topological polar surface area (TPSA) is 29.1 Å². The lowest BCUT2D eigenvalue weighted by molar-refractivity contribution is 0.0932. The van der Waals surface area contributed by atoms with Gasteiger partial charge in [-0.2, -0.15) is 0 Å². The molecule has 0 bridgehead atoms. The third-order valence-corrected chi connectivity index (χ3v) is 4.37. The van der Waals surface area contributed by atoms with E-state index in [-0.39, 0.29) is 17.0 Å². The first-order chi connectivity index (χ1) is 7.58. The van der Waals surface area contributed by atoms with E-state index in [1.807, 2.05) is 0 Å². The molecule has 0 radical (unpaired) electrons. The summed E-state index contributed by atoms with van der Waals surface area (Å²) in [7, 11) is 0. The zero-order valence-electron chi connectivity index (χ0n) is 8.40. The van der Waals surface area contributed by atoms with Crippen LogP contribution in [0.5, 0.6) is 0 Å². The molecule has 86 valence electrons. The predicted octanol–water partition coefficient (Wildman–Crippen LogP) is 3.25. The van der Waals surface area contributed by atoms with Gasteiger partial charge in [-0.3, -0.25) is 4.79 Å². The van der Waals surface area contributed by atoms with E-state index in [2.05, 4.69) is 37.2 Å². The first-order valence-electron chi connectivity index (χ1n) is 4.90. The molecule has 1 aromatic rings. The Balaban J connectivity index is 2.18. The van der Waals surface area contributed by atoms with Crippen LogP contribution in [0.3, 0.4) is 0 Å². The normalized spacial score (nSPS) is 16.9. The van der Waals surface area contributed by atoms with Gasteiger partial charge in [-0.1, -0.05) is 22.0 Å². The highest BCUT2D eigenvalue weighted by Crippen LogP contribution is 2.37. The zero-order valence-corrected chi connectivity index (χ0v) is 11.6. The summed E-state index contributed by atoms with van der Waals surface area (Å²) in [4.78, 5) is 11.8. The zero-order chi connectivity index (χ0) is 11.8. The van der Waals surface area contributed by atoms with E-state index in [0.717, 1.165) is 12.8 Å². The Hall–Kier alpha value is -0.420. The summed E-state index contributed by atoms with van der Waals surface area (Å²) in [5, 5.41) is 3.56. The molecule has 1 N–H and O–H groups in total. The van der Waals surface area contributed by atoms with Crippen LogP contribution in [0.25, 0.3) is 0 Å². The molecule has 1 aliphatic carbocycles. The molecule has 0 spiro atoms. The highest BCUT2D eigenvalue weighted by atomic mass is 79.9. The number of rotatable bonds is 3. The van der Waals surface area contributed by atoms with Crippen molar-refractivity contribution >= 4 is 37.8 Å². The molecule has 2 nitrogen and oxygen atoms in total. The monoisotopic (exact) mass is 349 g/mol. The fourth-order valence-electron chi connectivity index (χ4n) is 1.43. The van der Waals surface area contributed by atoms with Gasteiger partial charge in [-0.15, -0.1) is 0 Å². The van der Waals surface area contributed by atoms with Crippen molar-refractivity contribution in [3.05, 3.63) is 34.1 Å². The predicted molar refractivity (Wildman–Crippen MR) is 67.3 cm³/mol. The summed E-state index contributed by atoms with van der Waals surface area (Å²) in [6, 6.07) is 4.71. The molecule has 0 atom stereocenters. The molecule has 0 saturated heterocycles. The fraction of sp³-hybridized carbons (Fsp3) is 0.364. The van der Waals surface area contributed by atoms with Gasteiger partial charge in [0.05, 0.1) is 15.6 Å². The molecule has 0 unspecified atom stereocenters. The highest BCUT2D eigenvalue weighted by molar-refractivity contribution is 9.10. The quantitative estimate of drug-likeness (QED) is 0.833. The molecule has 2 rings (SSSR count). The first kappa shape index (κ1) is 12.0. The van der Waals surface area contributed by atoms with Crippen LogP contribution in [-0.2, 0) is 0 Å². The Kier molecular flexibility index (Phi) is 3.35. The maximum atomic E-state index is 13.6. The molecule has 5 heteroatoms. The van der Waals surface area contributed by atoms with Crippen molar-refractivity contribution < 1.29 is 9.18 Å². The largest absolute Gasteiger partial charge is 0.346 e. The minimum Gasteiger partial charge on any atom is -0.346 e. The van der Waals surface area contributed by atoms with Gasteiger partial charge in [0.1, 0.15) is 5.82 Å². The third-order valence-electron chi connectivity index (χ3n) is 2.68. The fourth-order valence-corrected chi connectivity index (χ4v) is 2.50. The van der Waals surface area contributed by atoms with E-state index >= 15 is 0 Å². The summed E-state index contributed by atoms with van der Waals surface area (Å²) in [6.45, 7) is 0.